The van der Waals surface area contributed by atoms with E-state index in [4.69, 9.17) is 4.74 Å². The standard InChI is InChI=1S/C16H18N2O4S2/c1-2-22-13-7-5-11(6-8-13)17-16(19)15-14(9-10-23-15)24(20,21)18-12-3-4-12/h5-10,12,18H,2-4H2,1H3,(H,17,19). The summed E-state index contributed by atoms with van der Waals surface area (Å²) < 4.78 is 32.6. The van der Waals surface area contributed by atoms with Crippen LogP contribution in [0.15, 0.2) is 40.6 Å². The van der Waals surface area contributed by atoms with Gasteiger partial charge in [-0.15, -0.1) is 11.3 Å². The molecule has 0 radical (unpaired) electrons. The predicted molar refractivity (Wildman–Crippen MR) is 93.2 cm³/mol. The van der Waals surface area contributed by atoms with Crippen LogP contribution in [-0.4, -0.2) is 27.0 Å². The number of hydrogen-bond donors (Lipinski definition) is 2. The van der Waals surface area contributed by atoms with E-state index in [0.717, 1.165) is 24.2 Å². The van der Waals surface area contributed by atoms with Crippen LogP contribution in [0.5, 0.6) is 5.75 Å². The van der Waals surface area contributed by atoms with E-state index in [1.165, 1.54) is 6.07 Å². The van der Waals surface area contributed by atoms with Crippen molar-refractivity contribution in [1.29, 1.82) is 0 Å². The van der Waals surface area contributed by atoms with Gasteiger partial charge < -0.3 is 10.1 Å². The van der Waals surface area contributed by atoms with Crippen LogP contribution in [0.3, 0.4) is 0 Å². The third kappa shape index (κ3) is 3.95. The van der Waals surface area contributed by atoms with E-state index in [-0.39, 0.29) is 15.8 Å². The summed E-state index contributed by atoms with van der Waals surface area (Å²) in [5.74, 6) is 0.272. The van der Waals surface area contributed by atoms with Crippen molar-refractivity contribution in [3.05, 3.63) is 40.6 Å². The van der Waals surface area contributed by atoms with E-state index in [0.29, 0.717) is 18.0 Å². The third-order valence-corrected chi connectivity index (χ3v) is 6.05. The molecular weight excluding hydrogens is 348 g/mol. The van der Waals surface area contributed by atoms with Gasteiger partial charge in [0, 0.05) is 11.7 Å². The summed E-state index contributed by atoms with van der Waals surface area (Å²) >= 11 is 1.11. The van der Waals surface area contributed by atoms with Crippen molar-refractivity contribution < 1.29 is 17.9 Å². The number of rotatable bonds is 7. The molecule has 24 heavy (non-hydrogen) atoms. The number of sulfonamides is 1. The molecular formula is C16H18N2O4S2. The summed E-state index contributed by atoms with van der Waals surface area (Å²) in [4.78, 5) is 12.6. The lowest BCUT2D eigenvalue weighted by molar-refractivity contribution is 0.102. The van der Waals surface area contributed by atoms with Gasteiger partial charge in [-0.3, -0.25) is 4.79 Å². The minimum atomic E-state index is -3.66. The molecule has 2 N–H and O–H groups in total. The molecule has 0 saturated heterocycles. The monoisotopic (exact) mass is 366 g/mol. The molecule has 0 unspecified atom stereocenters. The molecule has 8 heteroatoms. The van der Waals surface area contributed by atoms with E-state index < -0.39 is 15.9 Å². The predicted octanol–water partition coefficient (Wildman–Crippen LogP) is 2.84. The van der Waals surface area contributed by atoms with E-state index >= 15 is 0 Å². The Morgan fingerprint density at radius 3 is 2.58 bits per heavy atom. The first-order valence-electron chi connectivity index (χ1n) is 7.63. The average molecular weight is 366 g/mol. The molecule has 1 aromatic heterocycles. The molecule has 1 amide bonds. The molecule has 0 spiro atoms. The molecule has 1 aromatic carbocycles. The highest BCUT2D eigenvalue weighted by Gasteiger charge is 2.31. The van der Waals surface area contributed by atoms with Gasteiger partial charge in [0.05, 0.1) is 6.61 Å². The number of benzene rings is 1. The zero-order valence-electron chi connectivity index (χ0n) is 13.1. The van der Waals surface area contributed by atoms with Gasteiger partial charge in [0.1, 0.15) is 15.5 Å². The van der Waals surface area contributed by atoms with Crippen LogP contribution in [0.1, 0.15) is 29.4 Å². The number of nitrogens with one attached hydrogen (secondary N) is 2. The van der Waals surface area contributed by atoms with Crippen molar-refractivity contribution in [2.75, 3.05) is 11.9 Å². The number of amides is 1. The molecule has 1 aliphatic carbocycles. The van der Waals surface area contributed by atoms with Gasteiger partial charge in [0.25, 0.3) is 5.91 Å². The zero-order valence-corrected chi connectivity index (χ0v) is 14.7. The second-order valence-electron chi connectivity index (χ2n) is 5.42. The molecule has 2 aromatic rings. The molecule has 1 aliphatic rings. The van der Waals surface area contributed by atoms with Gasteiger partial charge in [-0.25, -0.2) is 13.1 Å². The number of thiophene rings is 1. The Hall–Kier alpha value is -1.90. The Bertz CT molecular complexity index is 824. The lowest BCUT2D eigenvalue weighted by Gasteiger charge is -2.09. The fourth-order valence-corrected chi connectivity index (χ4v) is 4.78. The maximum absolute atomic E-state index is 12.4. The normalized spacial score (nSPS) is 14.4. The highest BCUT2D eigenvalue weighted by molar-refractivity contribution is 7.89. The second kappa shape index (κ2) is 6.92. The van der Waals surface area contributed by atoms with Crippen molar-refractivity contribution >= 4 is 33.0 Å². The maximum Gasteiger partial charge on any atom is 0.267 e. The number of carbonyl (C=O) groups excluding carboxylic acids is 1. The average Bonchev–Trinajstić information content (AvgIpc) is 3.19. The minimum Gasteiger partial charge on any atom is -0.494 e. The second-order valence-corrected chi connectivity index (χ2v) is 8.02. The smallest absolute Gasteiger partial charge is 0.267 e. The molecule has 1 saturated carbocycles. The van der Waals surface area contributed by atoms with E-state index in [1.807, 2.05) is 6.92 Å². The van der Waals surface area contributed by atoms with Crippen LogP contribution in [0.2, 0.25) is 0 Å². The molecule has 128 valence electrons. The molecule has 0 atom stereocenters. The van der Waals surface area contributed by atoms with Gasteiger partial charge in [-0.2, -0.15) is 0 Å². The van der Waals surface area contributed by atoms with Gasteiger partial charge >= 0.3 is 0 Å². The maximum atomic E-state index is 12.4. The van der Waals surface area contributed by atoms with Crippen molar-refractivity contribution in [3.8, 4) is 5.75 Å². The summed E-state index contributed by atoms with van der Waals surface area (Å²) in [5, 5.41) is 4.32. The zero-order chi connectivity index (χ0) is 17.2. The Morgan fingerprint density at radius 2 is 1.96 bits per heavy atom. The first kappa shape index (κ1) is 16.9. The SMILES string of the molecule is CCOc1ccc(NC(=O)c2sccc2S(=O)(=O)NC2CC2)cc1. The van der Waals surface area contributed by atoms with Gasteiger partial charge in [-0.05, 0) is 55.5 Å². The minimum absolute atomic E-state index is 0.00285. The van der Waals surface area contributed by atoms with Crippen molar-refractivity contribution in [3.63, 3.8) is 0 Å². The summed E-state index contributed by atoms with van der Waals surface area (Å²) in [6, 6.07) is 8.39. The number of carbonyl (C=O) groups is 1. The molecule has 0 aliphatic heterocycles. The topological polar surface area (TPSA) is 84.5 Å². The first-order chi connectivity index (χ1) is 11.5. The van der Waals surface area contributed by atoms with Crippen LogP contribution in [0.4, 0.5) is 5.69 Å². The molecule has 3 rings (SSSR count). The fraction of sp³-hybridized carbons (Fsp3) is 0.312. The highest BCUT2D eigenvalue weighted by atomic mass is 32.2. The number of anilines is 1. The van der Waals surface area contributed by atoms with Crippen LogP contribution in [0.25, 0.3) is 0 Å². The van der Waals surface area contributed by atoms with Crippen LogP contribution in [0, 0.1) is 0 Å². The third-order valence-electron chi connectivity index (χ3n) is 3.45. The van der Waals surface area contributed by atoms with Crippen molar-refractivity contribution in [1.82, 2.24) is 4.72 Å². The van der Waals surface area contributed by atoms with Crippen LogP contribution in [-0.2, 0) is 10.0 Å². The first-order valence-corrected chi connectivity index (χ1v) is 10.00. The van der Waals surface area contributed by atoms with Gasteiger partial charge in [-0.1, -0.05) is 0 Å². The Kier molecular flexibility index (Phi) is 4.88. The Balaban J connectivity index is 1.74. The molecule has 1 fully saturated rings. The van der Waals surface area contributed by atoms with Gasteiger partial charge in [0.2, 0.25) is 10.0 Å². The van der Waals surface area contributed by atoms with Gasteiger partial charge in [0.15, 0.2) is 0 Å². The van der Waals surface area contributed by atoms with Crippen LogP contribution >= 0.6 is 11.3 Å². The van der Waals surface area contributed by atoms with E-state index in [2.05, 4.69) is 10.0 Å². The molecule has 0 bridgehead atoms. The van der Waals surface area contributed by atoms with Crippen LogP contribution < -0.4 is 14.8 Å². The van der Waals surface area contributed by atoms with E-state index in [9.17, 15) is 13.2 Å². The largest absolute Gasteiger partial charge is 0.494 e. The molecule has 6 nitrogen and oxygen atoms in total. The number of hydrogen-bond acceptors (Lipinski definition) is 5. The summed E-state index contributed by atoms with van der Waals surface area (Å²) in [5.41, 5.74) is 0.579. The lowest BCUT2D eigenvalue weighted by Crippen LogP contribution is -2.27. The fourth-order valence-electron chi connectivity index (χ4n) is 2.15. The number of ether oxygens (including phenoxy) is 1. The molecule has 1 heterocycles. The highest BCUT2D eigenvalue weighted by Crippen LogP contribution is 2.27. The quantitative estimate of drug-likeness (QED) is 0.789. The summed E-state index contributed by atoms with van der Waals surface area (Å²) in [6.07, 6.45) is 1.69. The summed E-state index contributed by atoms with van der Waals surface area (Å²) in [6.45, 7) is 2.46. The Morgan fingerprint density at radius 1 is 1.25 bits per heavy atom. The van der Waals surface area contributed by atoms with Crippen molar-refractivity contribution in [2.45, 2.75) is 30.7 Å². The summed E-state index contributed by atoms with van der Waals surface area (Å²) in [7, 11) is -3.66. The van der Waals surface area contributed by atoms with E-state index in [1.54, 1.807) is 29.6 Å². The van der Waals surface area contributed by atoms with Crippen molar-refractivity contribution in [2.24, 2.45) is 0 Å². The lowest BCUT2D eigenvalue weighted by atomic mass is 10.3. The Labute approximate surface area is 144 Å².